The van der Waals surface area contributed by atoms with Gasteiger partial charge >= 0.3 is 0 Å². The highest BCUT2D eigenvalue weighted by Crippen LogP contribution is 2.25. The first-order valence-electron chi connectivity index (χ1n) is 5.67. The first kappa shape index (κ1) is 14.4. The van der Waals surface area contributed by atoms with Crippen molar-refractivity contribution in [3.8, 4) is 0 Å². The standard InChI is InChI=1S/C12H17N2O2.HI/c1-14(8-4-5-9-14)10-11-6-2-3-7-12(11)13(15)16;/h2-3,6-7H,4-5,8-10H2,1H3;1H/q+1;/p-1. The molecule has 5 heteroatoms. The lowest BCUT2D eigenvalue weighted by atomic mass is 10.1. The molecule has 0 saturated carbocycles. The average molecular weight is 348 g/mol. The maximum absolute atomic E-state index is 10.9. The van der Waals surface area contributed by atoms with Crippen LogP contribution in [0.25, 0.3) is 0 Å². The Hall–Kier alpha value is -0.690. The second-order valence-electron chi connectivity index (χ2n) is 4.82. The van der Waals surface area contributed by atoms with E-state index in [4.69, 9.17) is 0 Å². The van der Waals surface area contributed by atoms with Crippen LogP contribution in [0.2, 0.25) is 0 Å². The van der Waals surface area contributed by atoms with Gasteiger partial charge in [0.1, 0.15) is 6.54 Å². The van der Waals surface area contributed by atoms with Gasteiger partial charge < -0.3 is 28.5 Å². The van der Waals surface area contributed by atoms with Gasteiger partial charge in [-0.2, -0.15) is 0 Å². The van der Waals surface area contributed by atoms with Crippen molar-refractivity contribution >= 4 is 5.69 Å². The fourth-order valence-electron chi connectivity index (χ4n) is 2.49. The molecular formula is C12H17IN2O2. The molecule has 94 valence electrons. The maximum atomic E-state index is 10.9. The van der Waals surface area contributed by atoms with Crippen LogP contribution in [0.5, 0.6) is 0 Å². The molecule has 0 bridgehead atoms. The zero-order valence-electron chi connectivity index (χ0n) is 9.93. The number of hydrogen-bond acceptors (Lipinski definition) is 2. The number of hydrogen-bond donors (Lipinski definition) is 0. The molecule has 1 heterocycles. The molecule has 0 unspecified atom stereocenters. The fraction of sp³-hybridized carbons (Fsp3) is 0.500. The number of para-hydroxylation sites is 1. The largest absolute Gasteiger partial charge is 1.00 e. The minimum absolute atomic E-state index is 0. The minimum atomic E-state index is -0.280. The summed E-state index contributed by atoms with van der Waals surface area (Å²) in [7, 11) is 2.18. The van der Waals surface area contributed by atoms with Crippen molar-refractivity contribution in [1.82, 2.24) is 0 Å². The van der Waals surface area contributed by atoms with Crippen LogP contribution in [-0.2, 0) is 6.54 Å². The molecule has 4 nitrogen and oxygen atoms in total. The van der Waals surface area contributed by atoms with Crippen LogP contribution in [-0.4, -0.2) is 29.5 Å². The fourth-order valence-corrected chi connectivity index (χ4v) is 2.49. The van der Waals surface area contributed by atoms with Crippen molar-refractivity contribution < 1.29 is 33.4 Å². The summed E-state index contributed by atoms with van der Waals surface area (Å²) in [6.45, 7) is 3.04. The van der Waals surface area contributed by atoms with Gasteiger partial charge in [-0.1, -0.05) is 12.1 Å². The molecule has 0 amide bonds. The summed E-state index contributed by atoms with van der Waals surface area (Å²) in [6, 6.07) is 7.08. The molecule has 0 radical (unpaired) electrons. The summed E-state index contributed by atoms with van der Waals surface area (Å²) in [5.41, 5.74) is 1.12. The van der Waals surface area contributed by atoms with Gasteiger partial charge in [-0.05, 0) is 6.07 Å². The van der Waals surface area contributed by atoms with Gasteiger partial charge in [0.25, 0.3) is 5.69 Å². The number of rotatable bonds is 3. The van der Waals surface area contributed by atoms with Gasteiger partial charge in [-0.3, -0.25) is 10.1 Å². The van der Waals surface area contributed by atoms with Crippen LogP contribution >= 0.6 is 0 Å². The second-order valence-corrected chi connectivity index (χ2v) is 4.82. The van der Waals surface area contributed by atoms with E-state index >= 15 is 0 Å². The molecule has 0 aliphatic carbocycles. The van der Waals surface area contributed by atoms with Gasteiger partial charge in [0.15, 0.2) is 0 Å². The third kappa shape index (κ3) is 3.38. The Labute approximate surface area is 118 Å². The number of nitro groups is 1. The van der Waals surface area contributed by atoms with Crippen molar-refractivity contribution in [3.05, 3.63) is 39.9 Å². The van der Waals surface area contributed by atoms with Crippen LogP contribution in [0.3, 0.4) is 0 Å². The number of likely N-dealkylation sites (tertiary alicyclic amines) is 1. The predicted molar refractivity (Wildman–Crippen MR) is 62.0 cm³/mol. The lowest BCUT2D eigenvalue weighted by molar-refractivity contribution is -0.911. The van der Waals surface area contributed by atoms with Gasteiger partial charge in [-0.25, -0.2) is 0 Å². The number of benzene rings is 1. The van der Waals surface area contributed by atoms with E-state index in [1.165, 1.54) is 12.8 Å². The number of nitro benzene ring substituents is 1. The molecule has 1 aliphatic heterocycles. The predicted octanol–water partition coefficient (Wildman–Crippen LogP) is -0.661. The monoisotopic (exact) mass is 348 g/mol. The van der Waals surface area contributed by atoms with E-state index in [9.17, 15) is 10.1 Å². The molecule has 2 rings (SSSR count). The van der Waals surface area contributed by atoms with Crippen LogP contribution in [0.15, 0.2) is 24.3 Å². The van der Waals surface area contributed by atoms with E-state index in [1.54, 1.807) is 12.1 Å². The van der Waals surface area contributed by atoms with Crippen molar-refractivity contribution in [3.63, 3.8) is 0 Å². The van der Waals surface area contributed by atoms with E-state index in [0.717, 1.165) is 29.7 Å². The van der Waals surface area contributed by atoms with Crippen LogP contribution < -0.4 is 24.0 Å². The van der Waals surface area contributed by atoms with E-state index < -0.39 is 0 Å². The minimum Gasteiger partial charge on any atom is -1.00 e. The van der Waals surface area contributed by atoms with Gasteiger partial charge in [-0.15, -0.1) is 0 Å². The van der Waals surface area contributed by atoms with Crippen molar-refractivity contribution in [2.24, 2.45) is 0 Å². The Morgan fingerprint density at radius 2 is 1.88 bits per heavy atom. The number of halogens is 1. The summed E-state index contributed by atoms with van der Waals surface area (Å²) in [5, 5.41) is 10.9. The lowest BCUT2D eigenvalue weighted by Gasteiger charge is -2.28. The highest BCUT2D eigenvalue weighted by molar-refractivity contribution is 5.39. The van der Waals surface area contributed by atoms with Gasteiger partial charge in [0, 0.05) is 18.9 Å². The van der Waals surface area contributed by atoms with E-state index in [-0.39, 0.29) is 34.6 Å². The van der Waals surface area contributed by atoms with Crippen LogP contribution in [0, 0.1) is 10.1 Å². The van der Waals surface area contributed by atoms with E-state index in [0.29, 0.717) is 0 Å². The summed E-state index contributed by atoms with van der Waals surface area (Å²) < 4.78 is 0.935. The Morgan fingerprint density at radius 3 is 2.47 bits per heavy atom. The summed E-state index contributed by atoms with van der Waals surface area (Å²) >= 11 is 0. The molecule has 1 saturated heterocycles. The zero-order valence-corrected chi connectivity index (χ0v) is 12.1. The Bertz CT molecular complexity index is 403. The van der Waals surface area contributed by atoms with Crippen molar-refractivity contribution in [2.75, 3.05) is 20.1 Å². The molecule has 17 heavy (non-hydrogen) atoms. The molecule has 0 N–H and O–H groups in total. The molecule has 0 aromatic heterocycles. The second kappa shape index (κ2) is 5.77. The Morgan fingerprint density at radius 1 is 1.29 bits per heavy atom. The molecule has 1 fully saturated rings. The Balaban J connectivity index is 0.00000144. The molecule has 0 atom stereocenters. The van der Waals surface area contributed by atoms with E-state index in [1.807, 2.05) is 12.1 Å². The third-order valence-corrected chi connectivity index (χ3v) is 3.39. The maximum Gasteiger partial charge on any atom is 0.278 e. The topological polar surface area (TPSA) is 43.1 Å². The first-order chi connectivity index (χ1) is 7.61. The normalized spacial score (nSPS) is 17.5. The third-order valence-electron chi connectivity index (χ3n) is 3.39. The SMILES string of the molecule is C[N+]1(Cc2ccccc2[N+](=O)[O-])CCCC1.[I-]. The number of quaternary nitrogens is 1. The molecule has 1 aromatic carbocycles. The molecule has 1 aromatic rings. The molecule has 1 aliphatic rings. The summed E-state index contributed by atoms with van der Waals surface area (Å²) in [4.78, 5) is 10.6. The van der Waals surface area contributed by atoms with Gasteiger partial charge in [0.2, 0.25) is 0 Å². The summed E-state index contributed by atoms with van der Waals surface area (Å²) in [6.07, 6.45) is 2.47. The first-order valence-corrected chi connectivity index (χ1v) is 5.67. The van der Waals surface area contributed by atoms with Crippen LogP contribution in [0.4, 0.5) is 5.69 Å². The number of nitrogens with zero attached hydrogens (tertiary/aromatic N) is 2. The quantitative estimate of drug-likeness (QED) is 0.315. The average Bonchev–Trinajstić information content (AvgIpc) is 2.65. The molecule has 0 spiro atoms. The van der Waals surface area contributed by atoms with Gasteiger partial charge in [0.05, 0.1) is 30.6 Å². The summed E-state index contributed by atoms with van der Waals surface area (Å²) in [5.74, 6) is 0. The zero-order chi connectivity index (χ0) is 11.6. The van der Waals surface area contributed by atoms with E-state index in [2.05, 4.69) is 7.05 Å². The van der Waals surface area contributed by atoms with Crippen LogP contribution in [0.1, 0.15) is 18.4 Å². The lowest BCUT2D eigenvalue weighted by Crippen LogP contribution is -3.00. The van der Waals surface area contributed by atoms with Crippen molar-refractivity contribution in [1.29, 1.82) is 0 Å². The highest BCUT2D eigenvalue weighted by atomic mass is 127. The highest BCUT2D eigenvalue weighted by Gasteiger charge is 2.29. The Kier molecular flexibility index (Phi) is 4.88. The van der Waals surface area contributed by atoms with Crippen molar-refractivity contribution in [2.45, 2.75) is 19.4 Å². The molecular weight excluding hydrogens is 331 g/mol. The smallest absolute Gasteiger partial charge is 0.278 e.